The van der Waals surface area contributed by atoms with E-state index in [1.165, 1.54) is 0 Å². The summed E-state index contributed by atoms with van der Waals surface area (Å²) in [7, 11) is 0. The van der Waals surface area contributed by atoms with Crippen LogP contribution in [-0.2, 0) is 4.74 Å². The van der Waals surface area contributed by atoms with Crippen molar-refractivity contribution in [2.75, 3.05) is 6.54 Å². The Labute approximate surface area is 112 Å². The van der Waals surface area contributed by atoms with Gasteiger partial charge in [-0.05, 0) is 25.5 Å². The molecule has 0 aromatic rings. The van der Waals surface area contributed by atoms with Gasteiger partial charge in [0.25, 0.3) is 0 Å². The number of hydrogen-bond acceptors (Lipinski definition) is 4. The molecule has 0 aromatic carbocycles. The van der Waals surface area contributed by atoms with Crippen molar-refractivity contribution in [3.63, 3.8) is 0 Å². The number of aliphatic hydroxyl groups excluding tert-OH is 2. The van der Waals surface area contributed by atoms with Gasteiger partial charge < -0.3 is 14.9 Å². The Morgan fingerprint density at radius 3 is 2.95 bits per heavy atom. The SMILES string of the molecule is CC1=CC(O)CN2C(=O)OC(C=CC=CC(C)O)C12. The van der Waals surface area contributed by atoms with Gasteiger partial charge in [0.2, 0.25) is 0 Å². The van der Waals surface area contributed by atoms with Crippen molar-refractivity contribution in [1.29, 1.82) is 0 Å². The molecule has 2 rings (SSSR count). The summed E-state index contributed by atoms with van der Waals surface area (Å²) in [5, 5.41) is 18.7. The minimum Gasteiger partial charge on any atom is -0.439 e. The Morgan fingerprint density at radius 1 is 1.53 bits per heavy atom. The van der Waals surface area contributed by atoms with E-state index in [-0.39, 0.29) is 18.7 Å². The van der Waals surface area contributed by atoms with Crippen molar-refractivity contribution < 1.29 is 19.7 Å². The van der Waals surface area contributed by atoms with Crippen molar-refractivity contribution in [2.24, 2.45) is 0 Å². The molecule has 5 nitrogen and oxygen atoms in total. The number of nitrogens with zero attached hydrogens (tertiary/aromatic N) is 1. The summed E-state index contributed by atoms with van der Waals surface area (Å²) in [6.45, 7) is 3.82. The lowest BCUT2D eigenvalue weighted by molar-refractivity contribution is 0.126. The topological polar surface area (TPSA) is 70.0 Å². The first-order chi connectivity index (χ1) is 8.99. The lowest BCUT2D eigenvalue weighted by Crippen LogP contribution is -2.45. The van der Waals surface area contributed by atoms with Crippen molar-refractivity contribution in [3.05, 3.63) is 36.0 Å². The molecule has 0 bridgehead atoms. The second-order valence-corrected chi connectivity index (χ2v) is 4.93. The van der Waals surface area contributed by atoms with Crippen molar-refractivity contribution >= 4 is 6.09 Å². The summed E-state index contributed by atoms with van der Waals surface area (Å²) in [4.78, 5) is 13.3. The molecule has 1 amide bonds. The predicted molar refractivity (Wildman–Crippen MR) is 70.5 cm³/mol. The van der Waals surface area contributed by atoms with E-state index in [0.717, 1.165) is 5.57 Å². The van der Waals surface area contributed by atoms with Gasteiger partial charge in [-0.2, -0.15) is 0 Å². The van der Waals surface area contributed by atoms with Crippen LogP contribution in [0.2, 0.25) is 0 Å². The summed E-state index contributed by atoms with van der Waals surface area (Å²) in [5.41, 5.74) is 0.929. The molecule has 2 aliphatic heterocycles. The van der Waals surface area contributed by atoms with Gasteiger partial charge in [0.1, 0.15) is 6.10 Å². The Morgan fingerprint density at radius 2 is 2.26 bits per heavy atom. The smallest absolute Gasteiger partial charge is 0.411 e. The molecule has 0 radical (unpaired) electrons. The summed E-state index contributed by atoms with van der Waals surface area (Å²) in [6.07, 6.45) is 6.79. The maximum atomic E-state index is 11.7. The lowest BCUT2D eigenvalue weighted by Gasteiger charge is -2.30. The number of allylic oxidation sites excluding steroid dienone is 2. The highest BCUT2D eigenvalue weighted by Gasteiger charge is 2.43. The fourth-order valence-corrected chi connectivity index (χ4v) is 2.43. The zero-order chi connectivity index (χ0) is 14.0. The monoisotopic (exact) mass is 265 g/mol. The molecule has 4 atom stereocenters. The minimum atomic E-state index is -0.623. The second kappa shape index (κ2) is 5.59. The van der Waals surface area contributed by atoms with Crippen LogP contribution in [0, 0.1) is 0 Å². The Kier molecular flexibility index (Phi) is 4.07. The standard InChI is InChI=1S/C14H19NO4/c1-9-7-11(17)8-15-13(9)12(19-14(15)18)6-4-3-5-10(2)16/h3-7,10-13,16-17H,8H2,1-2H3. The number of amides is 1. The zero-order valence-corrected chi connectivity index (χ0v) is 11.1. The molecule has 4 unspecified atom stereocenters. The van der Waals surface area contributed by atoms with Crippen LogP contribution in [0.3, 0.4) is 0 Å². The predicted octanol–water partition coefficient (Wildman–Crippen LogP) is 0.990. The molecule has 0 aliphatic carbocycles. The van der Waals surface area contributed by atoms with Crippen molar-refractivity contribution in [1.82, 2.24) is 4.90 Å². The molecule has 2 heterocycles. The largest absolute Gasteiger partial charge is 0.439 e. The highest BCUT2D eigenvalue weighted by molar-refractivity contribution is 5.72. The van der Waals surface area contributed by atoms with Crippen molar-refractivity contribution in [3.8, 4) is 0 Å². The third kappa shape index (κ3) is 3.05. The van der Waals surface area contributed by atoms with Crippen LogP contribution < -0.4 is 0 Å². The Balaban J connectivity index is 2.11. The number of carbonyl (C=O) groups excluding carboxylic acids is 1. The fourth-order valence-electron chi connectivity index (χ4n) is 2.43. The first-order valence-corrected chi connectivity index (χ1v) is 6.35. The van der Waals surface area contributed by atoms with E-state index in [1.807, 2.05) is 6.92 Å². The van der Waals surface area contributed by atoms with Crippen LogP contribution in [0.5, 0.6) is 0 Å². The van der Waals surface area contributed by atoms with E-state index < -0.39 is 18.3 Å². The average molecular weight is 265 g/mol. The molecule has 0 saturated carbocycles. The molecular weight excluding hydrogens is 246 g/mol. The van der Waals surface area contributed by atoms with E-state index in [0.29, 0.717) is 0 Å². The minimum absolute atomic E-state index is 0.146. The molecule has 1 fully saturated rings. The van der Waals surface area contributed by atoms with E-state index >= 15 is 0 Å². The third-order valence-corrected chi connectivity index (χ3v) is 3.23. The highest BCUT2D eigenvalue weighted by Crippen LogP contribution is 2.29. The number of ether oxygens (including phenoxy) is 1. The average Bonchev–Trinajstić information content (AvgIpc) is 2.62. The molecule has 0 spiro atoms. The molecule has 2 N–H and O–H groups in total. The van der Waals surface area contributed by atoms with E-state index in [4.69, 9.17) is 9.84 Å². The van der Waals surface area contributed by atoms with Crippen LogP contribution in [0.4, 0.5) is 4.79 Å². The third-order valence-electron chi connectivity index (χ3n) is 3.23. The molecule has 1 saturated heterocycles. The van der Waals surface area contributed by atoms with Gasteiger partial charge in [0, 0.05) is 0 Å². The molecule has 2 aliphatic rings. The second-order valence-electron chi connectivity index (χ2n) is 4.93. The number of aliphatic hydroxyl groups is 2. The van der Waals surface area contributed by atoms with Crippen molar-refractivity contribution in [2.45, 2.75) is 38.2 Å². The molecule has 104 valence electrons. The maximum Gasteiger partial charge on any atom is 0.411 e. The van der Waals surface area contributed by atoms with E-state index in [1.54, 1.807) is 42.2 Å². The summed E-state index contributed by atoms with van der Waals surface area (Å²) >= 11 is 0. The Bertz CT molecular complexity index is 439. The zero-order valence-electron chi connectivity index (χ0n) is 11.1. The number of cyclic esters (lactones) is 1. The van der Waals surface area contributed by atoms with Gasteiger partial charge in [0.05, 0.1) is 24.8 Å². The van der Waals surface area contributed by atoms with Crippen LogP contribution in [0.25, 0.3) is 0 Å². The molecule has 5 heteroatoms. The Hall–Kier alpha value is -1.59. The lowest BCUT2D eigenvalue weighted by atomic mass is 9.96. The summed E-state index contributed by atoms with van der Waals surface area (Å²) < 4.78 is 5.29. The molecular formula is C14H19NO4. The van der Waals surface area contributed by atoms with Gasteiger partial charge in [-0.25, -0.2) is 4.79 Å². The van der Waals surface area contributed by atoms with Crippen LogP contribution in [-0.4, -0.2) is 52.1 Å². The highest BCUT2D eigenvalue weighted by atomic mass is 16.6. The number of rotatable bonds is 3. The van der Waals surface area contributed by atoms with E-state index in [9.17, 15) is 9.90 Å². The molecule has 19 heavy (non-hydrogen) atoms. The van der Waals surface area contributed by atoms with Gasteiger partial charge in [-0.15, -0.1) is 0 Å². The quantitative estimate of drug-likeness (QED) is 0.590. The van der Waals surface area contributed by atoms with Gasteiger partial charge in [-0.1, -0.05) is 24.3 Å². The van der Waals surface area contributed by atoms with Gasteiger partial charge in [0.15, 0.2) is 0 Å². The van der Waals surface area contributed by atoms with Crippen LogP contribution in [0.15, 0.2) is 36.0 Å². The number of carbonyl (C=O) groups is 1. The van der Waals surface area contributed by atoms with Crippen LogP contribution in [0.1, 0.15) is 13.8 Å². The normalized spacial score (nSPS) is 32.6. The summed E-state index contributed by atoms with van der Waals surface area (Å²) in [6, 6.07) is -0.146. The molecule has 0 aromatic heterocycles. The first kappa shape index (κ1) is 13.8. The van der Waals surface area contributed by atoms with E-state index in [2.05, 4.69) is 0 Å². The summed E-state index contributed by atoms with van der Waals surface area (Å²) in [5.74, 6) is 0. The fraction of sp³-hybridized carbons (Fsp3) is 0.500. The first-order valence-electron chi connectivity index (χ1n) is 6.35. The van der Waals surface area contributed by atoms with Crippen LogP contribution >= 0.6 is 0 Å². The van der Waals surface area contributed by atoms with Gasteiger partial charge >= 0.3 is 6.09 Å². The maximum absolute atomic E-state index is 11.7. The number of fused-ring (bicyclic) bond motifs is 1. The van der Waals surface area contributed by atoms with Gasteiger partial charge in [-0.3, -0.25) is 4.90 Å². The number of hydrogen-bond donors (Lipinski definition) is 2.